The summed E-state index contributed by atoms with van der Waals surface area (Å²) in [6.07, 6.45) is 7.11. The van der Waals surface area contributed by atoms with Crippen molar-refractivity contribution in [2.24, 2.45) is 0 Å². The molecule has 0 N–H and O–H groups in total. The molecule has 0 spiro atoms. The van der Waals surface area contributed by atoms with Crippen LogP contribution < -0.4 is 0 Å². The van der Waals surface area contributed by atoms with E-state index in [1.165, 1.54) is 12.1 Å². The van der Waals surface area contributed by atoms with Crippen LogP contribution in [0.2, 0.25) is 0 Å². The number of pyridine rings is 2. The molecular formula is C45H28FN9. The average Bonchev–Trinajstić information content (AvgIpc) is 3.84. The molecule has 0 amide bonds. The van der Waals surface area contributed by atoms with Crippen molar-refractivity contribution in [1.29, 1.82) is 0 Å². The largest absolute Gasteiger partial charge is 0.292 e. The molecule has 0 aliphatic carbocycles. The molecule has 5 aromatic heterocycles. The van der Waals surface area contributed by atoms with Crippen molar-refractivity contribution in [3.63, 3.8) is 0 Å². The quantitative estimate of drug-likeness (QED) is 0.162. The average molecular weight is 714 g/mol. The van der Waals surface area contributed by atoms with Crippen LogP contribution in [0.1, 0.15) is 0 Å². The highest BCUT2D eigenvalue weighted by Gasteiger charge is 2.18. The van der Waals surface area contributed by atoms with Gasteiger partial charge in [-0.25, -0.2) is 29.3 Å². The van der Waals surface area contributed by atoms with Crippen LogP contribution in [-0.2, 0) is 0 Å². The minimum Gasteiger partial charge on any atom is -0.292 e. The van der Waals surface area contributed by atoms with Crippen LogP contribution in [0.15, 0.2) is 170 Å². The maximum absolute atomic E-state index is 14.0. The minimum atomic E-state index is -0.333. The smallest absolute Gasteiger partial charge is 0.164 e. The van der Waals surface area contributed by atoms with E-state index in [9.17, 15) is 4.39 Å². The van der Waals surface area contributed by atoms with Crippen molar-refractivity contribution in [3.05, 3.63) is 176 Å². The zero-order valence-corrected chi connectivity index (χ0v) is 29.1. The van der Waals surface area contributed by atoms with Crippen LogP contribution in [-0.4, -0.2) is 44.0 Å². The number of imidazole rings is 2. The maximum atomic E-state index is 14.0. The Bertz CT molecular complexity index is 2780. The van der Waals surface area contributed by atoms with Gasteiger partial charge in [0.25, 0.3) is 0 Å². The molecule has 0 saturated carbocycles. The van der Waals surface area contributed by atoms with Crippen LogP contribution in [0.25, 0.3) is 90.4 Å². The molecule has 10 heteroatoms. The van der Waals surface area contributed by atoms with Crippen LogP contribution in [0.4, 0.5) is 4.39 Å². The van der Waals surface area contributed by atoms with Gasteiger partial charge in [-0.1, -0.05) is 72.8 Å². The molecule has 10 aromatic rings. The SMILES string of the molecule is Fc1ccc(-c2nc(-c3ccc(-c4nc5ccccc5n4-c4ccncc4)cc3)nc(-c3ccc(-c4nc5ccccc5n4-c4ccncc4)cc3)n2)cc1. The van der Waals surface area contributed by atoms with E-state index in [0.29, 0.717) is 23.0 Å². The van der Waals surface area contributed by atoms with Gasteiger partial charge in [-0.2, -0.15) is 0 Å². The van der Waals surface area contributed by atoms with Crippen molar-refractivity contribution in [2.75, 3.05) is 0 Å². The normalized spacial score (nSPS) is 11.4. The Labute approximate surface area is 314 Å². The standard InChI is InChI=1S/C45H28FN9/c46-34-19-17-31(18-20-34)43-52-41(29-9-13-32(14-10-29)44-49-37-5-1-3-7-39(37)54(44)35-21-25-47-26-22-35)51-42(53-43)30-11-15-33(16-12-30)45-50-38-6-2-4-8-40(38)55(45)36-23-27-48-28-24-36/h1-28H. The molecule has 55 heavy (non-hydrogen) atoms. The van der Waals surface area contributed by atoms with Crippen molar-refractivity contribution < 1.29 is 4.39 Å². The van der Waals surface area contributed by atoms with Crippen molar-refractivity contribution >= 4 is 22.1 Å². The highest BCUT2D eigenvalue weighted by molar-refractivity contribution is 5.85. The first-order valence-corrected chi connectivity index (χ1v) is 17.7. The van der Waals surface area contributed by atoms with E-state index in [4.69, 9.17) is 24.9 Å². The molecule has 0 atom stereocenters. The fraction of sp³-hybridized carbons (Fsp3) is 0. The van der Waals surface area contributed by atoms with Gasteiger partial charge in [0.05, 0.1) is 33.4 Å². The summed E-state index contributed by atoms with van der Waals surface area (Å²) in [4.78, 5) is 33.1. The fourth-order valence-electron chi connectivity index (χ4n) is 6.85. The molecule has 5 heterocycles. The molecule has 9 nitrogen and oxygen atoms in total. The zero-order chi connectivity index (χ0) is 36.7. The summed E-state index contributed by atoms with van der Waals surface area (Å²) in [5, 5.41) is 0. The van der Waals surface area contributed by atoms with Crippen LogP contribution in [0, 0.1) is 5.82 Å². The number of fused-ring (bicyclic) bond motifs is 2. The highest BCUT2D eigenvalue weighted by Crippen LogP contribution is 2.33. The molecular weight excluding hydrogens is 686 g/mol. The Hall–Kier alpha value is -7.72. The third kappa shape index (κ3) is 5.87. The van der Waals surface area contributed by atoms with Crippen LogP contribution in [0.5, 0.6) is 0 Å². The molecule has 0 aliphatic heterocycles. The summed E-state index contributed by atoms with van der Waals surface area (Å²) in [5.74, 6) is 2.69. The lowest BCUT2D eigenvalue weighted by atomic mass is 10.1. The van der Waals surface area contributed by atoms with Crippen molar-refractivity contribution in [3.8, 4) is 68.3 Å². The summed E-state index contributed by atoms with van der Waals surface area (Å²) in [5.41, 5.74) is 9.85. The second-order valence-corrected chi connectivity index (χ2v) is 12.9. The molecule has 260 valence electrons. The van der Waals surface area contributed by atoms with Crippen LogP contribution >= 0.6 is 0 Å². The number of halogens is 1. The fourth-order valence-corrected chi connectivity index (χ4v) is 6.85. The van der Waals surface area contributed by atoms with Gasteiger partial charge in [-0.05, 0) is 72.8 Å². The summed E-state index contributed by atoms with van der Waals surface area (Å²) in [6, 6.07) is 46.3. The monoisotopic (exact) mass is 713 g/mol. The van der Waals surface area contributed by atoms with Crippen LogP contribution in [0.3, 0.4) is 0 Å². The molecule has 0 fully saturated rings. The Morgan fingerprint density at radius 1 is 0.345 bits per heavy atom. The second-order valence-electron chi connectivity index (χ2n) is 12.9. The van der Waals surface area contributed by atoms with Gasteiger partial charge in [0, 0.05) is 52.6 Å². The Balaban J connectivity index is 1.05. The number of aromatic nitrogens is 9. The first-order valence-electron chi connectivity index (χ1n) is 17.7. The predicted molar refractivity (Wildman–Crippen MR) is 212 cm³/mol. The first kappa shape index (κ1) is 32.0. The van der Waals surface area contributed by atoms with Gasteiger partial charge in [0.2, 0.25) is 0 Å². The van der Waals surface area contributed by atoms with Crippen molar-refractivity contribution in [2.45, 2.75) is 0 Å². The third-order valence-corrected chi connectivity index (χ3v) is 9.50. The highest BCUT2D eigenvalue weighted by atomic mass is 19.1. The lowest BCUT2D eigenvalue weighted by molar-refractivity contribution is 0.628. The van der Waals surface area contributed by atoms with Gasteiger partial charge in [0.1, 0.15) is 17.5 Å². The van der Waals surface area contributed by atoms with Gasteiger partial charge >= 0.3 is 0 Å². The molecule has 0 unspecified atom stereocenters. The number of nitrogens with zero attached hydrogens (tertiary/aromatic N) is 9. The number of benzene rings is 5. The lowest BCUT2D eigenvalue weighted by Gasteiger charge is -2.11. The summed E-state index contributed by atoms with van der Waals surface area (Å²) in [7, 11) is 0. The predicted octanol–water partition coefficient (Wildman–Crippen LogP) is 9.81. The molecule has 10 rings (SSSR count). The van der Waals surface area contributed by atoms with E-state index in [0.717, 1.165) is 67.3 Å². The van der Waals surface area contributed by atoms with E-state index in [1.54, 1.807) is 36.9 Å². The lowest BCUT2D eigenvalue weighted by Crippen LogP contribution is -2.01. The molecule has 0 bridgehead atoms. The summed E-state index contributed by atoms with van der Waals surface area (Å²) in [6.45, 7) is 0. The molecule has 5 aromatic carbocycles. The van der Waals surface area contributed by atoms with E-state index in [1.807, 2.05) is 109 Å². The summed E-state index contributed by atoms with van der Waals surface area (Å²) < 4.78 is 18.3. The van der Waals surface area contributed by atoms with Gasteiger partial charge in [0.15, 0.2) is 17.5 Å². The second kappa shape index (κ2) is 13.4. The van der Waals surface area contributed by atoms with E-state index >= 15 is 0 Å². The number of rotatable bonds is 7. The van der Waals surface area contributed by atoms with Gasteiger partial charge in [-0.3, -0.25) is 19.1 Å². The Morgan fingerprint density at radius 2 is 0.691 bits per heavy atom. The van der Waals surface area contributed by atoms with E-state index in [2.05, 4.69) is 31.2 Å². The van der Waals surface area contributed by atoms with Crippen molar-refractivity contribution in [1.82, 2.24) is 44.0 Å². The topological polar surface area (TPSA) is 100 Å². The number of hydrogen-bond acceptors (Lipinski definition) is 7. The molecule has 0 radical (unpaired) electrons. The van der Waals surface area contributed by atoms with Gasteiger partial charge < -0.3 is 0 Å². The van der Waals surface area contributed by atoms with E-state index < -0.39 is 0 Å². The summed E-state index contributed by atoms with van der Waals surface area (Å²) >= 11 is 0. The Kier molecular flexibility index (Phi) is 7.77. The van der Waals surface area contributed by atoms with Gasteiger partial charge in [-0.15, -0.1) is 0 Å². The molecule has 0 saturated heterocycles. The van der Waals surface area contributed by atoms with E-state index in [-0.39, 0.29) is 5.82 Å². The zero-order valence-electron chi connectivity index (χ0n) is 29.1. The number of para-hydroxylation sites is 4. The number of hydrogen-bond donors (Lipinski definition) is 0. The minimum absolute atomic E-state index is 0.333. The third-order valence-electron chi connectivity index (χ3n) is 9.50. The molecule has 0 aliphatic rings. The first-order chi connectivity index (χ1) is 27.2. The Morgan fingerprint density at radius 3 is 1.09 bits per heavy atom. The maximum Gasteiger partial charge on any atom is 0.164 e.